The second-order valence-electron chi connectivity index (χ2n) is 4.52. The van der Waals surface area contributed by atoms with E-state index in [0.29, 0.717) is 24.2 Å². The van der Waals surface area contributed by atoms with Gasteiger partial charge in [-0.15, -0.1) is 11.5 Å². The number of hydrogen-bond donors (Lipinski definition) is 0. The van der Waals surface area contributed by atoms with Crippen molar-refractivity contribution in [2.75, 3.05) is 23.7 Å². The zero-order valence-corrected chi connectivity index (χ0v) is 17.5. The Morgan fingerprint density at radius 3 is 1.40 bits per heavy atom. The molecule has 0 heterocycles. The van der Waals surface area contributed by atoms with Crippen LogP contribution >= 0.6 is 31.9 Å². The topological polar surface area (TPSA) is 70.8 Å². The number of rotatable bonds is 6. The Hall–Kier alpha value is -1.14. The van der Waals surface area contributed by atoms with Crippen molar-refractivity contribution in [3.63, 3.8) is 0 Å². The number of aliphatic imine (C=N–C) groups is 2. The molecule has 0 aliphatic heterocycles. The van der Waals surface area contributed by atoms with Gasteiger partial charge in [0, 0.05) is 36.2 Å². The Bertz CT molecular complexity index is 610. The van der Waals surface area contributed by atoms with Gasteiger partial charge in [0.2, 0.25) is 0 Å². The van der Waals surface area contributed by atoms with E-state index < -0.39 is 0 Å². The minimum Gasteiger partial charge on any atom is -0.872 e. The SMILES string of the molecule is [Cu+2].[O-]c1ccccc1C=NCCBr.[O-]c1ccccc1C=NCCBr. The van der Waals surface area contributed by atoms with Crippen LogP contribution in [0.15, 0.2) is 58.5 Å². The van der Waals surface area contributed by atoms with Crippen LogP contribution in [0.5, 0.6) is 11.5 Å². The maximum absolute atomic E-state index is 11.1. The Kier molecular flexibility index (Phi) is 14.5. The monoisotopic (exact) mass is 515 g/mol. The van der Waals surface area contributed by atoms with Crippen molar-refractivity contribution in [2.24, 2.45) is 9.98 Å². The van der Waals surface area contributed by atoms with Crippen LogP contribution in [0.25, 0.3) is 0 Å². The summed E-state index contributed by atoms with van der Waals surface area (Å²) in [6.45, 7) is 1.41. The van der Waals surface area contributed by atoms with Crippen molar-refractivity contribution in [2.45, 2.75) is 0 Å². The molecule has 7 heteroatoms. The average molecular weight is 518 g/mol. The third kappa shape index (κ3) is 10.4. The Morgan fingerprint density at radius 2 is 1.08 bits per heavy atom. The van der Waals surface area contributed by atoms with E-state index in [4.69, 9.17) is 0 Å². The quantitative estimate of drug-likeness (QED) is 0.336. The molecule has 25 heavy (non-hydrogen) atoms. The van der Waals surface area contributed by atoms with Gasteiger partial charge < -0.3 is 10.2 Å². The molecule has 0 spiro atoms. The van der Waals surface area contributed by atoms with E-state index in [0.717, 1.165) is 10.7 Å². The summed E-state index contributed by atoms with van der Waals surface area (Å²) in [4.78, 5) is 8.10. The van der Waals surface area contributed by atoms with Gasteiger partial charge in [0.15, 0.2) is 0 Å². The molecule has 137 valence electrons. The Morgan fingerprint density at radius 1 is 0.720 bits per heavy atom. The summed E-state index contributed by atoms with van der Waals surface area (Å²) in [5.74, 6) is 0.0478. The molecule has 0 bridgehead atoms. The van der Waals surface area contributed by atoms with Gasteiger partial charge in [-0.25, -0.2) is 0 Å². The molecule has 2 aromatic carbocycles. The van der Waals surface area contributed by atoms with Crippen LogP contribution in [0.4, 0.5) is 0 Å². The van der Waals surface area contributed by atoms with Crippen molar-refractivity contribution in [3.8, 4) is 11.5 Å². The summed E-state index contributed by atoms with van der Waals surface area (Å²) in [5, 5.41) is 23.9. The van der Waals surface area contributed by atoms with Gasteiger partial charge in [0.05, 0.1) is 0 Å². The van der Waals surface area contributed by atoms with Crippen LogP contribution < -0.4 is 10.2 Å². The molecule has 0 N–H and O–H groups in total. The molecule has 0 saturated heterocycles. The zero-order valence-electron chi connectivity index (χ0n) is 13.4. The normalized spacial score (nSPS) is 10.3. The average Bonchev–Trinajstić information content (AvgIpc) is 2.59. The third-order valence-electron chi connectivity index (χ3n) is 2.73. The fourth-order valence-corrected chi connectivity index (χ4v) is 2.01. The maximum Gasteiger partial charge on any atom is 2.00 e. The molecule has 4 nitrogen and oxygen atoms in total. The van der Waals surface area contributed by atoms with Crippen LogP contribution in [0, 0.1) is 0 Å². The fourth-order valence-electron chi connectivity index (χ4n) is 1.60. The van der Waals surface area contributed by atoms with Crippen LogP contribution in [0.3, 0.4) is 0 Å². The Labute approximate surface area is 175 Å². The molecule has 0 fully saturated rings. The van der Waals surface area contributed by atoms with Gasteiger partial charge >= 0.3 is 17.1 Å². The van der Waals surface area contributed by atoms with Gasteiger partial charge in [-0.05, 0) is 11.1 Å². The predicted molar refractivity (Wildman–Crippen MR) is 104 cm³/mol. The van der Waals surface area contributed by atoms with Crippen molar-refractivity contribution in [3.05, 3.63) is 59.7 Å². The second-order valence-corrected chi connectivity index (χ2v) is 6.11. The molecule has 0 amide bonds. The number of halogens is 2. The van der Waals surface area contributed by atoms with Gasteiger partial charge in [-0.2, -0.15) is 0 Å². The van der Waals surface area contributed by atoms with E-state index in [1.165, 1.54) is 12.1 Å². The molecular formula is C18H18Br2CuN2O2. The largest absolute Gasteiger partial charge is 2.00 e. The molecule has 2 aromatic rings. The van der Waals surface area contributed by atoms with Crippen LogP contribution in [0.2, 0.25) is 0 Å². The van der Waals surface area contributed by atoms with Gasteiger partial charge in [-0.1, -0.05) is 80.4 Å². The molecule has 1 radical (unpaired) electrons. The maximum atomic E-state index is 11.1. The minimum absolute atomic E-state index is 0. The molecule has 2 rings (SSSR count). The van der Waals surface area contributed by atoms with E-state index in [9.17, 15) is 10.2 Å². The van der Waals surface area contributed by atoms with Crippen molar-refractivity contribution in [1.29, 1.82) is 0 Å². The smallest absolute Gasteiger partial charge is 0.872 e. The van der Waals surface area contributed by atoms with Crippen LogP contribution in [-0.4, -0.2) is 36.2 Å². The number of nitrogens with zero attached hydrogens (tertiary/aromatic N) is 2. The van der Waals surface area contributed by atoms with Crippen LogP contribution in [0.1, 0.15) is 11.1 Å². The number of hydrogen-bond acceptors (Lipinski definition) is 4. The molecule has 0 aliphatic rings. The number of para-hydroxylation sites is 2. The van der Waals surface area contributed by atoms with Gasteiger partial charge in [0.1, 0.15) is 0 Å². The van der Waals surface area contributed by atoms with E-state index in [-0.39, 0.29) is 28.6 Å². The first-order valence-corrected chi connectivity index (χ1v) is 9.57. The van der Waals surface area contributed by atoms with Crippen LogP contribution in [-0.2, 0) is 17.1 Å². The summed E-state index contributed by atoms with van der Waals surface area (Å²) < 4.78 is 0. The summed E-state index contributed by atoms with van der Waals surface area (Å²) in [5.41, 5.74) is 1.30. The van der Waals surface area contributed by atoms with Gasteiger partial charge in [-0.3, -0.25) is 9.98 Å². The standard InChI is InChI=1S/2C9H10BrNO.Cu/c2*10-5-6-11-7-8-3-1-2-4-9(8)12;/h2*1-4,7,12H,5-6H2;/q;;+2/p-2. The molecule has 0 saturated carbocycles. The van der Waals surface area contributed by atoms with Crippen molar-refractivity contribution in [1.82, 2.24) is 0 Å². The number of benzene rings is 2. The molecule has 0 aliphatic carbocycles. The Balaban J connectivity index is 0.000000443. The predicted octanol–water partition coefficient (Wildman–Crippen LogP) is 3.15. The first-order chi connectivity index (χ1) is 11.7. The van der Waals surface area contributed by atoms with Crippen molar-refractivity contribution >= 4 is 44.3 Å². The summed E-state index contributed by atoms with van der Waals surface area (Å²) in [6, 6.07) is 13.7. The second kappa shape index (κ2) is 15.1. The molecule has 0 aromatic heterocycles. The molecule has 0 unspecified atom stereocenters. The number of alkyl halides is 2. The van der Waals surface area contributed by atoms with Crippen molar-refractivity contribution < 1.29 is 27.3 Å². The van der Waals surface area contributed by atoms with Gasteiger partial charge in [0.25, 0.3) is 0 Å². The summed E-state index contributed by atoms with van der Waals surface area (Å²) in [7, 11) is 0. The molecular weight excluding hydrogens is 500 g/mol. The van der Waals surface area contributed by atoms with E-state index in [2.05, 4.69) is 41.8 Å². The summed E-state index contributed by atoms with van der Waals surface area (Å²) >= 11 is 6.50. The molecule has 0 atom stereocenters. The first-order valence-electron chi connectivity index (χ1n) is 7.32. The van der Waals surface area contributed by atoms with E-state index in [1.54, 1.807) is 36.7 Å². The third-order valence-corrected chi connectivity index (χ3v) is 3.44. The minimum atomic E-state index is 0. The fraction of sp³-hybridized carbons (Fsp3) is 0.222. The van der Waals surface area contributed by atoms with E-state index >= 15 is 0 Å². The zero-order chi connectivity index (χ0) is 17.6. The summed E-state index contributed by atoms with van der Waals surface area (Å²) in [6.07, 6.45) is 3.23. The first kappa shape index (κ1) is 23.9. The van der Waals surface area contributed by atoms with E-state index in [1.807, 2.05) is 12.1 Å².